The third-order valence-electron chi connectivity index (χ3n) is 5.04. The van der Waals surface area contributed by atoms with E-state index in [1.54, 1.807) is 18.2 Å². The maximum atomic E-state index is 12.9. The topological polar surface area (TPSA) is 64.0 Å². The molecule has 0 fully saturated rings. The van der Waals surface area contributed by atoms with E-state index in [1.165, 1.54) is 4.57 Å². The molecule has 6 heteroatoms. The molecular formula is C24H20ClN3O2. The third-order valence-corrected chi connectivity index (χ3v) is 5.27. The molecule has 0 bridgehead atoms. The molecule has 1 aromatic heterocycles. The van der Waals surface area contributed by atoms with Crippen molar-refractivity contribution in [3.05, 3.63) is 93.4 Å². The van der Waals surface area contributed by atoms with E-state index in [0.29, 0.717) is 21.6 Å². The molecule has 0 atom stereocenters. The molecule has 0 aliphatic heterocycles. The summed E-state index contributed by atoms with van der Waals surface area (Å²) in [4.78, 5) is 29.9. The van der Waals surface area contributed by atoms with Gasteiger partial charge in [-0.05, 0) is 43.2 Å². The number of hydrogen-bond donors (Lipinski definition) is 1. The van der Waals surface area contributed by atoms with Crippen LogP contribution >= 0.6 is 11.6 Å². The Morgan fingerprint density at radius 3 is 2.40 bits per heavy atom. The van der Waals surface area contributed by atoms with E-state index >= 15 is 0 Å². The number of hydrogen-bond acceptors (Lipinski definition) is 3. The predicted octanol–water partition coefficient (Wildman–Crippen LogP) is 4.97. The summed E-state index contributed by atoms with van der Waals surface area (Å²) in [6.07, 6.45) is 0. The minimum atomic E-state index is -0.486. The van der Waals surface area contributed by atoms with Crippen molar-refractivity contribution in [3.8, 4) is 11.3 Å². The standard InChI is InChI=1S/C24H20ClN3O2/c1-15-7-6-8-16(2)22(15)26-21(29)14-28-20-12-11-18(25)13-19(20)23(27-24(28)30)17-9-4-3-5-10-17/h3-13H,14H2,1-2H3,(H,26,29). The van der Waals surface area contributed by atoms with Crippen LogP contribution in [0.25, 0.3) is 22.2 Å². The fourth-order valence-electron chi connectivity index (χ4n) is 3.56. The van der Waals surface area contributed by atoms with Gasteiger partial charge < -0.3 is 5.32 Å². The van der Waals surface area contributed by atoms with Crippen LogP contribution in [0, 0.1) is 13.8 Å². The van der Waals surface area contributed by atoms with Gasteiger partial charge in [0.2, 0.25) is 5.91 Å². The largest absolute Gasteiger partial charge is 0.349 e. The van der Waals surface area contributed by atoms with Crippen LogP contribution in [0.1, 0.15) is 11.1 Å². The molecule has 1 amide bonds. The van der Waals surface area contributed by atoms with Gasteiger partial charge in [0.25, 0.3) is 0 Å². The van der Waals surface area contributed by atoms with Crippen LogP contribution in [0.2, 0.25) is 5.02 Å². The van der Waals surface area contributed by atoms with E-state index in [-0.39, 0.29) is 12.5 Å². The Bertz CT molecular complexity index is 1290. The molecule has 0 aliphatic carbocycles. The zero-order valence-electron chi connectivity index (χ0n) is 16.6. The quantitative estimate of drug-likeness (QED) is 0.509. The van der Waals surface area contributed by atoms with E-state index in [1.807, 2.05) is 62.4 Å². The second-order valence-electron chi connectivity index (χ2n) is 7.17. The van der Waals surface area contributed by atoms with E-state index in [9.17, 15) is 9.59 Å². The first-order chi connectivity index (χ1) is 14.4. The molecule has 0 saturated heterocycles. The lowest BCUT2D eigenvalue weighted by Gasteiger charge is -2.15. The van der Waals surface area contributed by atoms with E-state index < -0.39 is 5.69 Å². The number of para-hydroxylation sites is 1. The van der Waals surface area contributed by atoms with Crippen molar-refractivity contribution < 1.29 is 4.79 Å². The van der Waals surface area contributed by atoms with Crippen LogP contribution in [0.4, 0.5) is 5.69 Å². The zero-order chi connectivity index (χ0) is 21.3. The number of benzene rings is 3. The first-order valence-electron chi connectivity index (χ1n) is 9.55. The van der Waals surface area contributed by atoms with E-state index in [0.717, 1.165) is 22.4 Å². The number of nitrogens with zero attached hydrogens (tertiary/aromatic N) is 2. The fourth-order valence-corrected chi connectivity index (χ4v) is 3.73. The van der Waals surface area contributed by atoms with Gasteiger partial charge in [-0.2, -0.15) is 4.98 Å². The van der Waals surface area contributed by atoms with Gasteiger partial charge in [-0.1, -0.05) is 60.1 Å². The number of amides is 1. The normalized spacial score (nSPS) is 10.9. The molecule has 150 valence electrons. The van der Waals surface area contributed by atoms with Gasteiger partial charge in [0.1, 0.15) is 6.54 Å². The Morgan fingerprint density at radius 2 is 1.70 bits per heavy atom. The van der Waals surface area contributed by atoms with E-state index in [2.05, 4.69) is 10.3 Å². The highest BCUT2D eigenvalue weighted by atomic mass is 35.5. The molecular weight excluding hydrogens is 398 g/mol. The summed E-state index contributed by atoms with van der Waals surface area (Å²) in [5, 5.41) is 4.17. The van der Waals surface area contributed by atoms with Gasteiger partial charge in [-0.25, -0.2) is 4.79 Å². The van der Waals surface area contributed by atoms with Crippen molar-refractivity contribution >= 4 is 34.1 Å². The monoisotopic (exact) mass is 417 g/mol. The number of anilines is 1. The molecule has 0 saturated carbocycles. The molecule has 1 N–H and O–H groups in total. The van der Waals surface area contributed by atoms with Crippen LogP contribution in [-0.4, -0.2) is 15.5 Å². The Hall–Kier alpha value is -3.44. The number of carbonyl (C=O) groups excluding carboxylic acids is 1. The van der Waals surface area contributed by atoms with Crippen LogP contribution in [0.3, 0.4) is 0 Å². The Kier molecular flexibility index (Phi) is 5.38. The Balaban J connectivity index is 1.78. The molecule has 0 unspecified atom stereocenters. The molecule has 0 radical (unpaired) electrons. The summed E-state index contributed by atoms with van der Waals surface area (Å²) in [6, 6.07) is 20.5. The summed E-state index contributed by atoms with van der Waals surface area (Å²) in [6.45, 7) is 3.72. The second-order valence-corrected chi connectivity index (χ2v) is 7.61. The molecule has 4 rings (SSSR count). The Morgan fingerprint density at radius 1 is 1.00 bits per heavy atom. The van der Waals surface area contributed by atoms with Crippen LogP contribution in [0.15, 0.2) is 71.5 Å². The van der Waals surface area contributed by atoms with Crippen molar-refractivity contribution in [2.75, 3.05) is 5.32 Å². The maximum Gasteiger partial charge on any atom is 0.349 e. The van der Waals surface area contributed by atoms with Crippen molar-refractivity contribution in [1.82, 2.24) is 9.55 Å². The van der Waals surface area contributed by atoms with Gasteiger partial charge >= 0.3 is 5.69 Å². The van der Waals surface area contributed by atoms with Crippen LogP contribution in [0.5, 0.6) is 0 Å². The van der Waals surface area contributed by atoms with Crippen molar-refractivity contribution in [2.24, 2.45) is 0 Å². The predicted molar refractivity (Wildman–Crippen MR) is 121 cm³/mol. The highest BCUT2D eigenvalue weighted by Gasteiger charge is 2.16. The average molecular weight is 418 g/mol. The molecule has 0 aliphatic rings. The summed E-state index contributed by atoms with van der Waals surface area (Å²) in [5.41, 5.74) is 4.17. The molecule has 30 heavy (non-hydrogen) atoms. The number of aromatic nitrogens is 2. The number of halogens is 1. The number of rotatable bonds is 4. The molecule has 3 aromatic carbocycles. The zero-order valence-corrected chi connectivity index (χ0v) is 17.4. The first kappa shape index (κ1) is 19.9. The summed E-state index contributed by atoms with van der Waals surface area (Å²) in [5.74, 6) is -0.292. The molecule has 1 heterocycles. The van der Waals surface area contributed by atoms with Gasteiger partial charge in [0, 0.05) is 21.7 Å². The van der Waals surface area contributed by atoms with Gasteiger partial charge in [0.05, 0.1) is 11.2 Å². The number of nitrogens with one attached hydrogen (secondary N) is 1. The lowest BCUT2D eigenvalue weighted by Crippen LogP contribution is -2.30. The number of aryl methyl sites for hydroxylation is 2. The van der Waals surface area contributed by atoms with E-state index in [4.69, 9.17) is 11.6 Å². The third kappa shape index (κ3) is 3.84. The van der Waals surface area contributed by atoms with Gasteiger partial charge in [-0.3, -0.25) is 9.36 Å². The average Bonchev–Trinajstić information content (AvgIpc) is 2.73. The van der Waals surface area contributed by atoms with Crippen molar-refractivity contribution in [1.29, 1.82) is 0 Å². The van der Waals surface area contributed by atoms with Crippen molar-refractivity contribution in [3.63, 3.8) is 0 Å². The highest BCUT2D eigenvalue weighted by molar-refractivity contribution is 6.31. The highest BCUT2D eigenvalue weighted by Crippen LogP contribution is 2.28. The first-order valence-corrected chi connectivity index (χ1v) is 9.93. The second kappa shape index (κ2) is 8.13. The minimum absolute atomic E-state index is 0.146. The Labute approximate surface area is 179 Å². The lowest BCUT2D eigenvalue weighted by atomic mass is 10.1. The molecule has 5 nitrogen and oxygen atoms in total. The van der Waals surface area contributed by atoms with Gasteiger partial charge in [-0.15, -0.1) is 0 Å². The van der Waals surface area contributed by atoms with Crippen LogP contribution in [-0.2, 0) is 11.3 Å². The fraction of sp³-hybridized carbons (Fsp3) is 0.125. The summed E-state index contributed by atoms with van der Waals surface area (Å²) < 4.78 is 1.38. The van der Waals surface area contributed by atoms with Crippen molar-refractivity contribution in [2.45, 2.75) is 20.4 Å². The molecule has 4 aromatic rings. The SMILES string of the molecule is Cc1cccc(C)c1NC(=O)Cn1c(=O)nc(-c2ccccc2)c2cc(Cl)ccc21. The lowest BCUT2D eigenvalue weighted by molar-refractivity contribution is -0.116. The smallest absolute Gasteiger partial charge is 0.324 e. The number of fused-ring (bicyclic) bond motifs is 1. The van der Waals surface area contributed by atoms with Gasteiger partial charge in [0.15, 0.2) is 0 Å². The number of carbonyl (C=O) groups is 1. The summed E-state index contributed by atoms with van der Waals surface area (Å²) in [7, 11) is 0. The van der Waals surface area contributed by atoms with Crippen LogP contribution < -0.4 is 11.0 Å². The summed E-state index contributed by atoms with van der Waals surface area (Å²) >= 11 is 6.22. The minimum Gasteiger partial charge on any atom is -0.324 e. The molecule has 0 spiro atoms. The maximum absolute atomic E-state index is 12.9.